The van der Waals surface area contributed by atoms with Gasteiger partial charge >= 0.3 is 5.97 Å². The van der Waals surface area contributed by atoms with E-state index in [9.17, 15) is 9.90 Å². The number of rotatable bonds is 6. The molecule has 0 saturated carbocycles. The average molecular weight is 269 g/mol. The summed E-state index contributed by atoms with van der Waals surface area (Å²) in [6.07, 6.45) is -0.669. The van der Waals surface area contributed by atoms with Crippen molar-refractivity contribution < 1.29 is 19.4 Å². The molecule has 1 atom stereocenters. The van der Waals surface area contributed by atoms with E-state index in [1.54, 1.807) is 18.0 Å². The maximum absolute atomic E-state index is 11.4. The number of likely N-dealkylation sites (N-methyl/N-ethyl adjacent to an activating group) is 1. The Balaban J connectivity index is 2.89. The molecule has 1 heterocycles. The Morgan fingerprint density at radius 2 is 2.21 bits per heavy atom. The molecule has 0 aliphatic heterocycles. The highest BCUT2D eigenvalue weighted by Crippen LogP contribution is 2.20. The highest BCUT2D eigenvalue weighted by atomic mass is 16.5. The number of hydrogen-bond acceptors (Lipinski definition) is 7. The van der Waals surface area contributed by atoms with Crippen LogP contribution in [0.5, 0.6) is 0 Å². The Kier molecular flexibility index (Phi) is 5.53. The summed E-state index contributed by atoms with van der Waals surface area (Å²) < 4.78 is 9.45. The van der Waals surface area contributed by atoms with Crippen molar-refractivity contribution in [2.75, 3.05) is 45.1 Å². The molecule has 0 aromatic carbocycles. The fraction of sp³-hybridized carbons (Fsp3) is 0.500. The van der Waals surface area contributed by atoms with Crippen LogP contribution in [0.15, 0.2) is 12.1 Å². The minimum absolute atomic E-state index is 0.166. The Hall–Kier alpha value is -1.86. The van der Waals surface area contributed by atoms with Crippen molar-refractivity contribution in [3.63, 3.8) is 0 Å². The second kappa shape index (κ2) is 6.91. The zero-order valence-corrected chi connectivity index (χ0v) is 11.3. The zero-order chi connectivity index (χ0) is 14.4. The minimum Gasteiger partial charge on any atom is -0.464 e. The first-order chi connectivity index (χ1) is 8.99. The predicted molar refractivity (Wildman–Crippen MR) is 71.1 cm³/mol. The first-order valence-corrected chi connectivity index (χ1v) is 5.72. The molecule has 0 aliphatic rings. The van der Waals surface area contributed by atoms with Gasteiger partial charge in [-0.05, 0) is 12.1 Å². The molecule has 1 rings (SSSR count). The third-order valence-electron chi connectivity index (χ3n) is 2.51. The first kappa shape index (κ1) is 15.2. The smallest absolute Gasteiger partial charge is 0.356 e. The van der Waals surface area contributed by atoms with Crippen LogP contribution >= 0.6 is 0 Å². The lowest BCUT2D eigenvalue weighted by Crippen LogP contribution is -2.33. The van der Waals surface area contributed by atoms with Crippen molar-refractivity contribution in [3.05, 3.63) is 17.8 Å². The lowest BCUT2D eigenvalue weighted by Gasteiger charge is -2.22. The van der Waals surface area contributed by atoms with Gasteiger partial charge in [0.2, 0.25) is 0 Å². The van der Waals surface area contributed by atoms with Crippen molar-refractivity contribution in [2.24, 2.45) is 0 Å². The van der Waals surface area contributed by atoms with Gasteiger partial charge in [0, 0.05) is 20.7 Å². The van der Waals surface area contributed by atoms with Crippen LogP contribution in [0.3, 0.4) is 0 Å². The Bertz CT molecular complexity index is 439. The average Bonchev–Trinajstić information content (AvgIpc) is 2.38. The van der Waals surface area contributed by atoms with E-state index in [1.165, 1.54) is 20.3 Å². The Morgan fingerprint density at radius 3 is 2.79 bits per heavy atom. The van der Waals surface area contributed by atoms with Crippen LogP contribution in [0.1, 0.15) is 10.5 Å². The fourth-order valence-corrected chi connectivity index (χ4v) is 1.63. The van der Waals surface area contributed by atoms with E-state index in [0.717, 1.165) is 0 Å². The quantitative estimate of drug-likeness (QED) is 0.695. The summed E-state index contributed by atoms with van der Waals surface area (Å²) in [5, 5.41) is 9.67. The number of nitrogens with zero attached hydrogens (tertiary/aromatic N) is 2. The number of ether oxygens (including phenoxy) is 2. The van der Waals surface area contributed by atoms with E-state index in [2.05, 4.69) is 9.72 Å². The molecule has 0 aliphatic carbocycles. The van der Waals surface area contributed by atoms with Gasteiger partial charge in [0.1, 0.15) is 0 Å². The van der Waals surface area contributed by atoms with Crippen LogP contribution in [-0.4, -0.2) is 56.6 Å². The third kappa shape index (κ3) is 4.08. The second-order valence-corrected chi connectivity index (χ2v) is 4.09. The van der Waals surface area contributed by atoms with Crippen LogP contribution in [0, 0.1) is 0 Å². The predicted octanol–water partition coefficient (Wildman–Crippen LogP) is -0.106. The zero-order valence-electron chi connectivity index (χ0n) is 11.3. The van der Waals surface area contributed by atoms with Crippen molar-refractivity contribution in [2.45, 2.75) is 6.10 Å². The van der Waals surface area contributed by atoms with Gasteiger partial charge in [-0.3, -0.25) is 0 Å². The highest BCUT2D eigenvalue weighted by molar-refractivity contribution is 5.88. The number of hydrogen-bond donors (Lipinski definition) is 2. The number of anilines is 2. The molecular formula is C12H19N3O4. The molecular weight excluding hydrogens is 250 g/mol. The standard InChI is InChI=1S/C12H19N3O4/c1-15(6-8(16)7-18-2)11-9(13)4-5-10(14-11)12(17)19-3/h4-5,8,16H,6-7,13H2,1-3H3. The summed E-state index contributed by atoms with van der Waals surface area (Å²) in [7, 11) is 4.51. The maximum Gasteiger partial charge on any atom is 0.356 e. The number of carbonyl (C=O) groups excluding carboxylic acids is 1. The fourth-order valence-electron chi connectivity index (χ4n) is 1.63. The lowest BCUT2D eigenvalue weighted by molar-refractivity contribution is 0.0594. The monoisotopic (exact) mass is 269 g/mol. The van der Waals surface area contributed by atoms with E-state index in [1.807, 2.05) is 0 Å². The molecule has 3 N–H and O–H groups in total. The van der Waals surface area contributed by atoms with Gasteiger partial charge in [0.25, 0.3) is 0 Å². The largest absolute Gasteiger partial charge is 0.464 e. The summed E-state index contributed by atoms with van der Waals surface area (Å²) in [6.45, 7) is 0.497. The SMILES string of the molecule is COCC(O)CN(C)c1nc(C(=O)OC)ccc1N. The summed E-state index contributed by atoms with van der Waals surface area (Å²) in [6, 6.07) is 3.07. The molecule has 0 spiro atoms. The number of aliphatic hydroxyl groups excluding tert-OH is 1. The number of nitrogen functional groups attached to an aromatic ring is 1. The van der Waals surface area contributed by atoms with E-state index < -0.39 is 12.1 Å². The normalized spacial score (nSPS) is 12.0. The Morgan fingerprint density at radius 1 is 1.53 bits per heavy atom. The molecule has 7 heteroatoms. The van der Waals surface area contributed by atoms with Crippen molar-refractivity contribution in [1.29, 1.82) is 0 Å². The number of aromatic nitrogens is 1. The number of esters is 1. The summed E-state index contributed by atoms with van der Waals surface area (Å²) in [5.41, 5.74) is 6.40. The van der Waals surface area contributed by atoms with Crippen LogP contribution in [0.4, 0.5) is 11.5 Å². The minimum atomic E-state index is -0.669. The molecule has 1 aromatic rings. The van der Waals surface area contributed by atoms with Gasteiger partial charge in [-0.2, -0.15) is 0 Å². The molecule has 0 saturated heterocycles. The van der Waals surface area contributed by atoms with Gasteiger partial charge in [0.15, 0.2) is 11.5 Å². The second-order valence-electron chi connectivity index (χ2n) is 4.09. The molecule has 1 unspecified atom stereocenters. The third-order valence-corrected chi connectivity index (χ3v) is 2.51. The topological polar surface area (TPSA) is 97.9 Å². The molecule has 0 bridgehead atoms. The number of pyridine rings is 1. The van der Waals surface area contributed by atoms with Crippen LogP contribution in [0.25, 0.3) is 0 Å². The van der Waals surface area contributed by atoms with Crippen molar-refractivity contribution >= 4 is 17.5 Å². The van der Waals surface area contributed by atoms with Crippen LogP contribution in [0.2, 0.25) is 0 Å². The van der Waals surface area contributed by atoms with Gasteiger partial charge in [-0.1, -0.05) is 0 Å². The summed E-state index contributed by atoms with van der Waals surface area (Å²) >= 11 is 0. The van der Waals surface area contributed by atoms with Crippen LogP contribution in [-0.2, 0) is 9.47 Å². The van der Waals surface area contributed by atoms with Gasteiger partial charge in [-0.25, -0.2) is 9.78 Å². The first-order valence-electron chi connectivity index (χ1n) is 5.72. The molecule has 19 heavy (non-hydrogen) atoms. The van der Waals surface area contributed by atoms with Gasteiger partial charge in [0.05, 0.1) is 25.5 Å². The summed E-state index contributed by atoms with van der Waals surface area (Å²) in [4.78, 5) is 17.2. The number of aliphatic hydroxyl groups is 1. The summed E-state index contributed by atoms with van der Waals surface area (Å²) in [5.74, 6) is -0.120. The van der Waals surface area contributed by atoms with E-state index in [-0.39, 0.29) is 18.8 Å². The Labute approximate surface area is 111 Å². The number of carbonyl (C=O) groups is 1. The van der Waals surface area contributed by atoms with Crippen molar-refractivity contribution in [3.8, 4) is 0 Å². The van der Waals surface area contributed by atoms with Gasteiger partial charge < -0.3 is 25.2 Å². The molecule has 0 fully saturated rings. The maximum atomic E-state index is 11.4. The number of nitrogens with two attached hydrogens (primary N) is 1. The highest BCUT2D eigenvalue weighted by Gasteiger charge is 2.15. The lowest BCUT2D eigenvalue weighted by atomic mass is 10.3. The van der Waals surface area contributed by atoms with Crippen LogP contribution < -0.4 is 10.6 Å². The molecule has 106 valence electrons. The van der Waals surface area contributed by atoms with E-state index in [0.29, 0.717) is 11.5 Å². The van der Waals surface area contributed by atoms with E-state index in [4.69, 9.17) is 10.5 Å². The molecule has 1 aromatic heterocycles. The van der Waals surface area contributed by atoms with E-state index >= 15 is 0 Å². The van der Waals surface area contributed by atoms with Gasteiger partial charge in [-0.15, -0.1) is 0 Å². The molecule has 7 nitrogen and oxygen atoms in total. The molecule has 0 amide bonds. The molecule has 0 radical (unpaired) electrons. The van der Waals surface area contributed by atoms with Crippen molar-refractivity contribution in [1.82, 2.24) is 4.98 Å². The number of methoxy groups -OCH3 is 2.